The molecule has 3 N–H and O–H groups in total. The second-order valence-corrected chi connectivity index (χ2v) is 18.0. The van der Waals surface area contributed by atoms with E-state index in [2.05, 4.69) is 45.1 Å². The smallest absolute Gasteiger partial charge is 0.219 e. The Kier molecular flexibility index (Phi) is 40.6. The Labute approximate surface area is 365 Å². The number of Topliss-reactive ketones (excluding diaryl/α,β-unsaturated/α-hetero) is 3. The summed E-state index contributed by atoms with van der Waals surface area (Å²) < 4.78 is 0. The summed E-state index contributed by atoms with van der Waals surface area (Å²) in [6.07, 6.45) is 49.6. The first-order chi connectivity index (χ1) is 28.8. The van der Waals surface area contributed by atoms with Gasteiger partial charge in [-0.15, -0.1) is 0 Å². The Morgan fingerprint density at radius 3 is 0.831 bits per heavy atom. The lowest BCUT2D eigenvalue weighted by molar-refractivity contribution is -0.194. The third-order valence-electron chi connectivity index (χ3n) is 12.4. The fourth-order valence-corrected chi connectivity index (χ4v) is 8.25. The molecule has 2 atom stereocenters. The van der Waals surface area contributed by atoms with Gasteiger partial charge in [-0.05, 0) is 70.6 Å². The lowest BCUT2D eigenvalue weighted by Gasteiger charge is -2.39. The van der Waals surface area contributed by atoms with Gasteiger partial charge >= 0.3 is 0 Å². The molecule has 0 aliphatic rings. The molecule has 0 saturated heterocycles. The molecular formula is C53H98O6. The topological polar surface area (TPSA) is 112 Å². The maximum atomic E-state index is 13.8. The van der Waals surface area contributed by atoms with E-state index in [4.69, 9.17) is 0 Å². The molecular weight excluding hydrogens is 733 g/mol. The number of carbonyl (C=O) groups excluding carboxylic acids is 3. The fourth-order valence-electron chi connectivity index (χ4n) is 8.25. The SMILES string of the molecule is CCCCCC/C=C\CCCCCCCC(=O)C(O)(C(=O)CCCCCCC/C=C\CCCCCCCC)C(O)(CO)C(=O)CCCCCCCCCCCCCCC. The first-order valence-electron chi connectivity index (χ1n) is 25.7. The highest BCUT2D eigenvalue weighted by atomic mass is 16.4. The number of ketones is 3. The summed E-state index contributed by atoms with van der Waals surface area (Å²) in [5.74, 6) is -2.48. The van der Waals surface area contributed by atoms with Gasteiger partial charge < -0.3 is 15.3 Å². The molecule has 59 heavy (non-hydrogen) atoms. The van der Waals surface area contributed by atoms with E-state index < -0.39 is 35.2 Å². The Balaban J connectivity index is 4.99. The summed E-state index contributed by atoms with van der Waals surface area (Å²) in [5, 5.41) is 34.0. The Hall–Kier alpha value is -1.63. The largest absolute Gasteiger partial charge is 0.393 e. The molecule has 0 aromatic rings. The molecule has 346 valence electrons. The summed E-state index contributed by atoms with van der Waals surface area (Å²) in [7, 11) is 0. The van der Waals surface area contributed by atoms with Crippen molar-refractivity contribution in [2.24, 2.45) is 0 Å². The number of rotatable bonds is 47. The number of aliphatic hydroxyl groups is 3. The van der Waals surface area contributed by atoms with Crippen molar-refractivity contribution < 1.29 is 29.7 Å². The van der Waals surface area contributed by atoms with E-state index in [-0.39, 0.29) is 19.3 Å². The van der Waals surface area contributed by atoms with Crippen molar-refractivity contribution in [3.05, 3.63) is 24.3 Å². The normalized spacial score (nSPS) is 14.0. The van der Waals surface area contributed by atoms with Crippen LogP contribution in [0.25, 0.3) is 0 Å². The third kappa shape index (κ3) is 29.3. The Bertz CT molecular complexity index is 1040. The molecule has 0 fully saturated rings. The van der Waals surface area contributed by atoms with Crippen LogP contribution in [-0.4, -0.2) is 50.5 Å². The summed E-state index contributed by atoms with van der Waals surface area (Å²) in [5.41, 5.74) is -5.76. The van der Waals surface area contributed by atoms with Gasteiger partial charge in [0, 0.05) is 19.3 Å². The van der Waals surface area contributed by atoms with E-state index >= 15 is 0 Å². The molecule has 0 aromatic carbocycles. The number of aliphatic hydroxyl groups excluding tert-OH is 1. The molecule has 6 heteroatoms. The zero-order valence-electron chi connectivity index (χ0n) is 39.4. The molecule has 0 saturated carbocycles. The van der Waals surface area contributed by atoms with Crippen molar-refractivity contribution in [3.8, 4) is 0 Å². The van der Waals surface area contributed by atoms with Crippen molar-refractivity contribution >= 4 is 17.3 Å². The van der Waals surface area contributed by atoms with Gasteiger partial charge in [0.1, 0.15) is 0 Å². The molecule has 0 aliphatic carbocycles. The van der Waals surface area contributed by atoms with Crippen molar-refractivity contribution in [3.63, 3.8) is 0 Å². The number of unbranched alkanes of at least 4 members (excludes halogenated alkanes) is 32. The van der Waals surface area contributed by atoms with Gasteiger partial charge in [-0.1, -0.05) is 212 Å². The molecule has 0 amide bonds. The van der Waals surface area contributed by atoms with Gasteiger partial charge in [0.15, 0.2) is 23.0 Å². The number of hydrogen-bond acceptors (Lipinski definition) is 6. The second kappa shape index (κ2) is 41.7. The molecule has 0 bridgehead atoms. The summed E-state index contributed by atoms with van der Waals surface area (Å²) in [4.78, 5) is 41.1. The highest BCUT2D eigenvalue weighted by Gasteiger charge is 2.62. The minimum absolute atomic E-state index is 0.0850. The number of hydrogen-bond donors (Lipinski definition) is 3. The van der Waals surface area contributed by atoms with Crippen molar-refractivity contribution in [1.29, 1.82) is 0 Å². The summed E-state index contributed by atoms with van der Waals surface area (Å²) in [6, 6.07) is 0. The van der Waals surface area contributed by atoms with E-state index in [0.29, 0.717) is 19.3 Å². The zero-order valence-corrected chi connectivity index (χ0v) is 39.4. The highest BCUT2D eigenvalue weighted by Crippen LogP contribution is 2.32. The van der Waals surface area contributed by atoms with E-state index in [1.54, 1.807) is 0 Å². The van der Waals surface area contributed by atoms with Gasteiger partial charge in [0.25, 0.3) is 0 Å². The average Bonchev–Trinajstić information content (AvgIpc) is 3.24. The van der Waals surface area contributed by atoms with Gasteiger partial charge in [-0.3, -0.25) is 14.4 Å². The fraction of sp³-hybridized carbons (Fsp3) is 0.868. The first kappa shape index (κ1) is 57.4. The minimum atomic E-state index is -2.93. The van der Waals surface area contributed by atoms with Crippen LogP contribution in [0.3, 0.4) is 0 Å². The molecule has 0 aromatic heterocycles. The van der Waals surface area contributed by atoms with Gasteiger partial charge in [0.05, 0.1) is 6.61 Å². The van der Waals surface area contributed by atoms with Gasteiger partial charge in [-0.25, -0.2) is 0 Å². The van der Waals surface area contributed by atoms with Crippen LogP contribution >= 0.6 is 0 Å². The molecule has 0 rings (SSSR count). The van der Waals surface area contributed by atoms with Crippen molar-refractivity contribution in [2.45, 2.75) is 289 Å². The quantitative estimate of drug-likeness (QED) is 0.0320. The van der Waals surface area contributed by atoms with Crippen LogP contribution in [-0.2, 0) is 14.4 Å². The van der Waals surface area contributed by atoms with Crippen LogP contribution < -0.4 is 0 Å². The van der Waals surface area contributed by atoms with E-state index in [9.17, 15) is 29.7 Å². The highest BCUT2D eigenvalue weighted by molar-refractivity contribution is 6.16. The molecule has 6 nitrogen and oxygen atoms in total. The minimum Gasteiger partial charge on any atom is -0.393 e. The van der Waals surface area contributed by atoms with Gasteiger partial charge in [-0.2, -0.15) is 0 Å². The van der Waals surface area contributed by atoms with E-state index in [1.807, 2.05) is 0 Å². The molecule has 0 radical (unpaired) electrons. The second-order valence-electron chi connectivity index (χ2n) is 18.0. The Morgan fingerprint density at radius 1 is 0.339 bits per heavy atom. The predicted molar refractivity (Wildman–Crippen MR) is 252 cm³/mol. The summed E-state index contributed by atoms with van der Waals surface area (Å²) in [6.45, 7) is 5.56. The maximum absolute atomic E-state index is 13.8. The Morgan fingerprint density at radius 2 is 0.559 bits per heavy atom. The lowest BCUT2D eigenvalue weighted by Crippen LogP contribution is -2.69. The van der Waals surface area contributed by atoms with Crippen LogP contribution in [0.1, 0.15) is 278 Å². The number of allylic oxidation sites excluding steroid dienone is 4. The molecule has 0 heterocycles. The molecule has 0 spiro atoms. The monoisotopic (exact) mass is 831 g/mol. The van der Waals surface area contributed by atoms with Crippen LogP contribution in [0, 0.1) is 0 Å². The standard InChI is InChI=1S/C53H98O6/c1-4-7-10-13-16-19-22-25-26-29-32-35-38-41-44-47-51(57)53(59,50(56)46-43-40-37-34-31-28-24-21-18-15-12-9-6-3)52(58,48-54)49(55)45-42-39-36-33-30-27-23-20-17-14-11-8-5-2/h21,24-26,54,58-59H,4-20,22-23,27-48H2,1-3H3/b24-21-,26-25-. The zero-order chi connectivity index (χ0) is 43.6. The predicted octanol–water partition coefficient (Wildman–Crippen LogP) is 14.9. The van der Waals surface area contributed by atoms with Crippen molar-refractivity contribution in [1.82, 2.24) is 0 Å². The average molecular weight is 831 g/mol. The van der Waals surface area contributed by atoms with Gasteiger partial charge in [0.2, 0.25) is 5.60 Å². The van der Waals surface area contributed by atoms with Crippen molar-refractivity contribution in [2.75, 3.05) is 6.61 Å². The molecule has 2 unspecified atom stereocenters. The maximum Gasteiger partial charge on any atom is 0.219 e. The number of carbonyl (C=O) groups is 3. The van der Waals surface area contributed by atoms with Crippen LogP contribution in [0.4, 0.5) is 0 Å². The summed E-state index contributed by atoms with van der Waals surface area (Å²) >= 11 is 0. The third-order valence-corrected chi connectivity index (χ3v) is 12.4. The molecule has 0 aliphatic heterocycles. The van der Waals surface area contributed by atoms with Crippen LogP contribution in [0.15, 0.2) is 24.3 Å². The van der Waals surface area contributed by atoms with E-state index in [1.165, 1.54) is 122 Å². The van der Waals surface area contributed by atoms with E-state index in [0.717, 1.165) is 96.3 Å². The lowest BCUT2D eigenvalue weighted by atomic mass is 9.71. The first-order valence-corrected chi connectivity index (χ1v) is 25.7. The van der Waals surface area contributed by atoms with Crippen LogP contribution in [0.2, 0.25) is 0 Å². The van der Waals surface area contributed by atoms with Crippen LogP contribution in [0.5, 0.6) is 0 Å².